The van der Waals surface area contributed by atoms with Crippen LogP contribution in [0.15, 0.2) is 60.7 Å². The molecule has 1 aromatic heterocycles. The maximum Gasteiger partial charge on any atom is 0.410 e. The molecule has 0 bridgehead atoms. The smallest absolute Gasteiger partial charge is 0.410 e. The molecule has 0 radical (unpaired) electrons. The summed E-state index contributed by atoms with van der Waals surface area (Å²) >= 11 is 0. The van der Waals surface area contributed by atoms with Gasteiger partial charge in [-0.3, -0.25) is 9.80 Å². The topological polar surface area (TPSA) is 101 Å². The van der Waals surface area contributed by atoms with Gasteiger partial charge >= 0.3 is 12.1 Å². The molecule has 5 rings (SSSR count). The second kappa shape index (κ2) is 11.7. The molecule has 0 aliphatic carbocycles. The number of carboxylic acids is 1. The molecule has 3 aromatic rings. The molecule has 9 nitrogen and oxygen atoms in total. The van der Waals surface area contributed by atoms with Gasteiger partial charge in [-0.1, -0.05) is 35.9 Å². The van der Waals surface area contributed by atoms with Gasteiger partial charge in [0.15, 0.2) is 6.61 Å². The van der Waals surface area contributed by atoms with Crippen molar-refractivity contribution >= 4 is 12.1 Å². The van der Waals surface area contributed by atoms with Gasteiger partial charge in [0, 0.05) is 37.4 Å². The number of pyridine rings is 1. The zero-order valence-corrected chi connectivity index (χ0v) is 22.2. The molecular weight excluding hydrogens is 498 g/mol. The van der Waals surface area contributed by atoms with Crippen molar-refractivity contribution in [2.45, 2.75) is 45.3 Å². The molecule has 2 aliphatic rings. The summed E-state index contributed by atoms with van der Waals surface area (Å²) in [4.78, 5) is 32.3. The predicted molar refractivity (Wildman–Crippen MR) is 144 cm³/mol. The van der Waals surface area contributed by atoms with Gasteiger partial charge in [-0.25, -0.2) is 14.6 Å². The molecule has 39 heavy (non-hydrogen) atoms. The van der Waals surface area contributed by atoms with Gasteiger partial charge in [-0.05, 0) is 62.1 Å². The third-order valence-corrected chi connectivity index (χ3v) is 7.26. The highest BCUT2D eigenvalue weighted by Crippen LogP contribution is 2.34. The average molecular weight is 532 g/mol. The Hall–Kier alpha value is -4.11. The lowest BCUT2D eigenvalue weighted by Crippen LogP contribution is -2.46. The number of hydrogen-bond donors (Lipinski definition) is 1. The molecule has 0 saturated carbocycles. The Kier molecular flexibility index (Phi) is 7.97. The fourth-order valence-corrected chi connectivity index (χ4v) is 5.23. The average Bonchev–Trinajstić information content (AvgIpc) is 3.31. The van der Waals surface area contributed by atoms with Gasteiger partial charge in [0.25, 0.3) is 0 Å². The van der Waals surface area contributed by atoms with E-state index in [9.17, 15) is 9.59 Å². The Morgan fingerprint density at radius 3 is 2.49 bits per heavy atom. The van der Waals surface area contributed by atoms with Crippen LogP contribution < -0.4 is 9.47 Å². The number of benzene rings is 2. The van der Waals surface area contributed by atoms with Crippen LogP contribution >= 0.6 is 0 Å². The molecule has 1 N–H and O–H groups in total. The number of carboxylic acid groups (broad SMARTS) is 1. The number of hydrogen-bond acceptors (Lipinski definition) is 7. The Morgan fingerprint density at radius 1 is 1.05 bits per heavy atom. The van der Waals surface area contributed by atoms with Crippen LogP contribution in [0, 0.1) is 13.8 Å². The number of aromatic nitrogens is 1. The van der Waals surface area contributed by atoms with Crippen molar-refractivity contribution < 1.29 is 28.9 Å². The fraction of sp³-hybridized carbons (Fsp3) is 0.367. The second-order valence-corrected chi connectivity index (χ2v) is 10.1. The van der Waals surface area contributed by atoms with E-state index in [1.165, 1.54) is 5.56 Å². The second-order valence-electron chi connectivity index (χ2n) is 10.1. The standard InChI is InChI=1S/C30H33N3O6/c1-20-4-3-5-22(16-20)27-18-38-30(36)33(27)24-12-14-32(15-13-24)17-23-6-11-28(31-21(23)2)39-26-9-7-25(8-10-26)37-19-29(34)35/h3-11,16,24,27H,12-15,17-19H2,1-2H3,(H,34,35). The van der Waals surface area contributed by atoms with Crippen LogP contribution in [-0.4, -0.2) is 64.3 Å². The zero-order valence-electron chi connectivity index (χ0n) is 22.2. The van der Waals surface area contributed by atoms with E-state index in [4.69, 9.17) is 19.3 Å². The van der Waals surface area contributed by atoms with Gasteiger partial charge in [-0.15, -0.1) is 0 Å². The number of likely N-dealkylation sites (tertiary alicyclic amines) is 1. The monoisotopic (exact) mass is 531 g/mol. The first-order valence-corrected chi connectivity index (χ1v) is 13.2. The van der Waals surface area contributed by atoms with Crippen molar-refractivity contribution in [1.29, 1.82) is 0 Å². The van der Waals surface area contributed by atoms with Gasteiger partial charge in [-0.2, -0.15) is 0 Å². The third-order valence-electron chi connectivity index (χ3n) is 7.26. The minimum Gasteiger partial charge on any atom is -0.482 e. The lowest BCUT2D eigenvalue weighted by molar-refractivity contribution is -0.139. The number of aliphatic carboxylic acids is 1. The number of carbonyl (C=O) groups is 2. The molecule has 2 saturated heterocycles. The molecule has 1 unspecified atom stereocenters. The minimum atomic E-state index is -1.03. The van der Waals surface area contributed by atoms with E-state index < -0.39 is 12.6 Å². The van der Waals surface area contributed by atoms with E-state index >= 15 is 0 Å². The maximum atomic E-state index is 12.6. The Labute approximate surface area is 227 Å². The highest BCUT2D eigenvalue weighted by Gasteiger charge is 2.40. The first kappa shape index (κ1) is 26.5. The number of ether oxygens (including phenoxy) is 3. The van der Waals surface area contributed by atoms with Crippen LogP contribution in [-0.2, 0) is 16.1 Å². The number of cyclic esters (lactones) is 1. The number of aryl methyl sites for hydroxylation is 2. The molecule has 3 heterocycles. The lowest BCUT2D eigenvalue weighted by Gasteiger charge is -2.38. The molecule has 2 aromatic carbocycles. The lowest BCUT2D eigenvalue weighted by atomic mass is 9.98. The van der Waals surface area contributed by atoms with Crippen molar-refractivity contribution in [1.82, 2.24) is 14.8 Å². The van der Waals surface area contributed by atoms with E-state index in [1.54, 1.807) is 24.3 Å². The quantitative estimate of drug-likeness (QED) is 0.406. The van der Waals surface area contributed by atoms with Crippen LogP contribution in [0.3, 0.4) is 0 Å². The summed E-state index contributed by atoms with van der Waals surface area (Å²) in [6, 6.07) is 19.1. The number of piperidine rings is 1. The number of rotatable bonds is 9. The number of nitrogens with zero attached hydrogens (tertiary/aromatic N) is 3. The van der Waals surface area contributed by atoms with Crippen molar-refractivity contribution in [2.24, 2.45) is 0 Å². The maximum absolute atomic E-state index is 12.6. The first-order chi connectivity index (χ1) is 18.9. The van der Waals surface area contributed by atoms with Crippen LogP contribution in [0.25, 0.3) is 0 Å². The Morgan fingerprint density at radius 2 is 1.79 bits per heavy atom. The van der Waals surface area contributed by atoms with E-state index in [0.29, 0.717) is 24.0 Å². The highest BCUT2D eigenvalue weighted by molar-refractivity contribution is 5.71. The van der Waals surface area contributed by atoms with Gasteiger partial charge in [0.1, 0.15) is 18.1 Å². The van der Waals surface area contributed by atoms with E-state index in [-0.39, 0.29) is 18.2 Å². The summed E-state index contributed by atoms with van der Waals surface area (Å²) in [5.74, 6) is 0.510. The molecule has 2 fully saturated rings. The van der Waals surface area contributed by atoms with Crippen molar-refractivity contribution in [3.8, 4) is 17.4 Å². The molecule has 2 aliphatic heterocycles. The summed E-state index contributed by atoms with van der Waals surface area (Å²) in [5, 5.41) is 8.72. The van der Waals surface area contributed by atoms with Crippen molar-refractivity contribution in [2.75, 3.05) is 26.3 Å². The Balaban J connectivity index is 1.15. The summed E-state index contributed by atoms with van der Waals surface area (Å²) in [5.41, 5.74) is 4.35. The SMILES string of the molecule is Cc1cccc(C2COC(=O)N2C2CCN(Cc3ccc(Oc4ccc(OCC(=O)O)cc4)nc3C)CC2)c1. The predicted octanol–water partition coefficient (Wildman–Crippen LogP) is 5.11. The van der Waals surface area contributed by atoms with E-state index in [0.717, 1.165) is 49.3 Å². The minimum absolute atomic E-state index is 0.0265. The molecule has 204 valence electrons. The largest absolute Gasteiger partial charge is 0.482 e. The number of amides is 1. The summed E-state index contributed by atoms with van der Waals surface area (Å²) < 4.78 is 16.5. The van der Waals surface area contributed by atoms with Gasteiger partial charge < -0.3 is 19.3 Å². The van der Waals surface area contributed by atoms with Gasteiger partial charge in [0.05, 0.1) is 6.04 Å². The number of carbonyl (C=O) groups excluding carboxylic acids is 1. The molecular formula is C30H33N3O6. The zero-order chi connectivity index (χ0) is 27.4. The molecule has 9 heteroatoms. The van der Waals surface area contributed by atoms with E-state index in [1.807, 2.05) is 30.0 Å². The van der Waals surface area contributed by atoms with Crippen LogP contribution in [0.2, 0.25) is 0 Å². The molecule has 1 atom stereocenters. The normalized spacial score (nSPS) is 18.2. The van der Waals surface area contributed by atoms with Crippen LogP contribution in [0.4, 0.5) is 4.79 Å². The summed E-state index contributed by atoms with van der Waals surface area (Å²) in [6.45, 7) is 6.63. The third kappa shape index (κ3) is 6.49. The molecule has 1 amide bonds. The molecule has 0 spiro atoms. The van der Waals surface area contributed by atoms with Crippen molar-refractivity contribution in [3.63, 3.8) is 0 Å². The summed E-state index contributed by atoms with van der Waals surface area (Å²) in [6.07, 6.45) is 1.59. The Bertz CT molecular complexity index is 1320. The van der Waals surface area contributed by atoms with Crippen molar-refractivity contribution in [3.05, 3.63) is 83.0 Å². The fourth-order valence-electron chi connectivity index (χ4n) is 5.23. The van der Waals surface area contributed by atoms with Crippen LogP contribution in [0.1, 0.15) is 41.3 Å². The summed E-state index contributed by atoms with van der Waals surface area (Å²) in [7, 11) is 0. The van der Waals surface area contributed by atoms with Crippen LogP contribution in [0.5, 0.6) is 17.4 Å². The highest BCUT2D eigenvalue weighted by atomic mass is 16.6. The first-order valence-electron chi connectivity index (χ1n) is 13.2. The van der Waals surface area contributed by atoms with E-state index in [2.05, 4.69) is 35.0 Å². The van der Waals surface area contributed by atoms with Gasteiger partial charge in [0.2, 0.25) is 5.88 Å².